The lowest BCUT2D eigenvalue weighted by atomic mass is 10.2. The lowest BCUT2D eigenvalue weighted by Crippen LogP contribution is -2.39. The van der Waals surface area contributed by atoms with Crippen molar-refractivity contribution in [1.82, 2.24) is 9.73 Å². The zero-order chi connectivity index (χ0) is 23.1. The fourth-order valence-electron chi connectivity index (χ4n) is 2.79. The van der Waals surface area contributed by atoms with Gasteiger partial charge in [0.05, 0.1) is 17.8 Å². The van der Waals surface area contributed by atoms with Gasteiger partial charge < -0.3 is 0 Å². The van der Waals surface area contributed by atoms with Crippen molar-refractivity contribution in [3.05, 3.63) is 98.4 Å². The number of hydrazone groups is 1. The summed E-state index contributed by atoms with van der Waals surface area (Å²) < 4.78 is 28.6. The normalized spacial score (nSPS) is 11.8. The molecule has 0 heterocycles. The van der Waals surface area contributed by atoms with E-state index in [2.05, 4.69) is 26.5 Å². The van der Waals surface area contributed by atoms with Crippen molar-refractivity contribution >= 4 is 61.3 Å². The number of halogens is 3. The molecule has 3 rings (SSSR count). The van der Waals surface area contributed by atoms with Crippen LogP contribution in [0.2, 0.25) is 10.0 Å². The van der Waals surface area contributed by atoms with Gasteiger partial charge in [0.25, 0.3) is 5.91 Å². The molecule has 3 aromatic carbocycles. The van der Waals surface area contributed by atoms with Gasteiger partial charge in [-0.05, 0) is 41.5 Å². The standard InChI is InChI=1S/C22H18BrCl2N3O3S/c23-18-8-4-7-17(11-18)13-26-27-22(29)15-28(14-16-5-2-1-3-6-16)32(30,31)21-12-19(24)9-10-20(21)25/h1-13H,14-15H2,(H,27,29). The highest BCUT2D eigenvalue weighted by Gasteiger charge is 2.29. The van der Waals surface area contributed by atoms with Crippen LogP contribution < -0.4 is 5.43 Å². The Hall–Kier alpha value is -2.23. The van der Waals surface area contributed by atoms with Crippen molar-refractivity contribution < 1.29 is 13.2 Å². The summed E-state index contributed by atoms with van der Waals surface area (Å²) in [7, 11) is -4.13. The van der Waals surface area contributed by atoms with Crippen LogP contribution in [0.5, 0.6) is 0 Å². The molecule has 32 heavy (non-hydrogen) atoms. The first kappa shape index (κ1) is 24.4. The van der Waals surface area contributed by atoms with Gasteiger partial charge in [-0.25, -0.2) is 13.8 Å². The summed E-state index contributed by atoms with van der Waals surface area (Å²) in [6, 6.07) is 20.4. The Morgan fingerprint density at radius 2 is 1.78 bits per heavy atom. The third-order valence-electron chi connectivity index (χ3n) is 4.28. The SMILES string of the molecule is O=C(CN(Cc1ccccc1)S(=O)(=O)c1cc(Cl)ccc1Cl)NN=Cc1cccc(Br)c1. The number of amides is 1. The second-order valence-corrected chi connectivity index (χ2v) is 10.3. The summed E-state index contributed by atoms with van der Waals surface area (Å²) in [5.41, 5.74) is 3.84. The first-order valence-electron chi connectivity index (χ1n) is 9.32. The molecule has 1 amide bonds. The number of nitrogens with zero attached hydrogens (tertiary/aromatic N) is 2. The number of benzene rings is 3. The minimum Gasteiger partial charge on any atom is -0.272 e. The Bertz CT molecular complexity index is 1240. The van der Waals surface area contributed by atoms with E-state index in [9.17, 15) is 13.2 Å². The molecule has 0 atom stereocenters. The first-order chi connectivity index (χ1) is 15.3. The fraction of sp³-hybridized carbons (Fsp3) is 0.0909. The molecule has 0 saturated carbocycles. The molecule has 0 unspecified atom stereocenters. The number of sulfonamides is 1. The van der Waals surface area contributed by atoms with Crippen LogP contribution in [-0.2, 0) is 21.4 Å². The quantitative estimate of drug-likeness (QED) is 0.311. The molecule has 10 heteroatoms. The van der Waals surface area contributed by atoms with Gasteiger partial charge in [0.15, 0.2) is 0 Å². The smallest absolute Gasteiger partial charge is 0.255 e. The average molecular weight is 555 g/mol. The van der Waals surface area contributed by atoms with Crippen LogP contribution in [0.4, 0.5) is 0 Å². The molecule has 0 spiro atoms. The molecule has 6 nitrogen and oxygen atoms in total. The molecule has 0 aliphatic carbocycles. The highest BCUT2D eigenvalue weighted by molar-refractivity contribution is 9.10. The van der Waals surface area contributed by atoms with Crippen molar-refractivity contribution in [2.45, 2.75) is 11.4 Å². The van der Waals surface area contributed by atoms with Crippen molar-refractivity contribution in [2.24, 2.45) is 5.10 Å². The summed E-state index contributed by atoms with van der Waals surface area (Å²) in [6.07, 6.45) is 1.46. The monoisotopic (exact) mass is 553 g/mol. The molecular weight excluding hydrogens is 537 g/mol. The topological polar surface area (TPSA) is 78.8 Å². The van der Waals surface area contributed by atoms with E-state index in [1.165, 1.54) is 24.4 Å². The van der Waals surface area contributed by atoms with Gasteiger partial charge in [-0.15, -0.1) is 0 Å². The van der Waals surface area contributed by atoms with E-state index >= 15 is 0 Å². The minimum atomic E-state index is -4.13. The molecule has 0 aromatic heterocycles. The van der Waals surface area contributed by atoms with E-state index in [-0.39, 0.29) is 21.5 Å². The van der Waals surface area contributed by atoms with Gasteiger partial charge in [0.1, 0.15) is 4.90 Å². The second-order valence-electron chi connectivity index (χ2n) is 6.68. The van der Waals surface area contributed by atoms with Crippen LogP contribution in [0.3, 0.4) is 0 Å². The lowest BCUT2D eigenvalue weighted by molar-refractivity contribution is -0.121. The summed E-state index contributed by atoms with van der Waals surface area (Å²) in [5, 5.41) is 4.15. The molecule has 1 N–H and O–H groups in total. The predicted molar refractivity (Wildman–Crippen MR) is 130 cm³/mol. The van der Waals surface area contributed by atoms with E-state index in [1.54, 1.807) is 24.3 Å². The fourth-order valence-corrected chi connectivity index (χ4v) is 5.33. The maximum absolute atomic E-state index is 13.3. The molecular formula is C22H18BrCl2N3O3S. The van der Waals surface area contributed by atoms with Gasteiger partial charge >= 0.3 is 0 Å². The van der Waals surface area contributed by atoms with E-state index in [0.29, 0.717) is 5.56 Å². The Balaban J connectivity index is 1.82. The summed E-state index contributed by atoms with van der Waals surface area (Å²) in [4.78, 5) is 12.4. The van der Waals surface area contributed by atoms with Gasteiger partial charge in [0.2, 0.25) is 10.0 Å². The molecule has 0 bridgehead atoms. The summed E-state index contributed by atoms with van der Waals surface area (Å²) >= 11 is 15.5. The van der Waals surface area contributed by atoms with Crippen LogP contribution in [0.15, 0.2) is 87.3 Å². The Morgan fingerprint density at radius 3 is 2.50 bits per heavy atom. The Kier molecular flexibility index (Phi) is 8.44. The molecule has 0 aliphatic heterocycles. The Morgan fingerprint density at radius 1 is 1.03 bits per heavy atom. The third-order valence-corrected chi connectivity index (χ3v) is 7.29. The van der Waals surface area contributed by atoms with Crippen molar-refractivity contribution in [2.75, 3.05) is 6.54 Å². The molecule has 0 radical (unpaired) electrons. The first-order valence-corrected chi connectivity index (χ1v) is 12.3. The molecule has 3 aromatic rings. The lowest BCUT2D eigenvalue weighted by Gasteiger charge is -2.22. The largest absolute Gasteiger partial charge is 0.272 e. The van der Waals surface area contributed by atoms with E-state index in [1.807, 2.05) is 30.3 Å². The minimum absolute atomic E-state index is 0.0144. The molecule has 166 valence electrons. The van der Waals surface area contributed by atoms with Crippen LogP contribution in [0.25, 0.3) is 0 Å². The number of nitrogens with one attached hydrogen (secondary N) is 1. The summed E-state index contributed by atoms with van der Waals surface area (Å²) in [5.74, 6) is -0.603. The van der Waals surface area contributed by atoms with Gasteiger partial charge in [-0.3, -0.25) is 4.79 Å². The zero-order valence-electron chi connectivity index (χ0n) is 16.6. The maximum Gasteiger partial charge on any atom is 0.255 e. The van der Waals surface area contributed by atoms with E-state index < -0.39 is 22.5 Å². The van der Waals surface area contributed by atoms with Crippen LogP contribution >= 0.6 is 39.1 Å². The number of carbonyl (C=O) groups excluding carboxylic acids is 1. The number of rotatable bonds is 8. The number of hydrogen-bond acceptors (Lipinski definition) is 4. The summed E-state index contributed by atoms with van der Waals surface area (Å²) in [6.45, 7) is -0.495. The van der Waals surface area contributed by atoms with Gasteiger partial charge in [0, 0.05) is 16.0 Å². The van der Waals surface area contributed by atoms with Crippen LogP contribution in [0.1, 0.15) is 11.1 Å². The van der Waals surface area contributed by atoms with Crippen molar-refractivity contribution in [3.8, 4) is 0 Å². The number of carbonyl (C=O) groups is 1. The maximum atomic E-state index is 13.3. The van der Waals surface area contributed by atoms with Gasteiger partial charge in [-0.2, -0.15) is 9.41 Å². The average Bonchev–Trinajstić information content (AvgIpc) is 2.75. The van der Waals surface area contributed by atoms with Crippen LogP contribution in [0, 0.1) is 0 Å². The molecule has 0 saturated heterocycles. The third kappa shape index (κ3) is 6.63. The highest BCUT2D eigenvalue weighted by atomic mass is 79.9. The molecule has 0 aliphatic rings. The van der Waals surface area contributed by atoms with Crippen LogP contribution in [-0.4, -0.2) is 31.4 Å². The van der Waals surface area contributed by atoms with E-state index in [4.69, 9.17) is 23.2 Å². The Labute approximate surface area is 205 Å². The van der Waals surface area contributed by atoms with E-state index in [0.717, 1.165) is 14.3 Å². The second kappa shape index (κ2) is 11.1. The van der Waals surface area contributed by atoms with Crippen molar-refractivity contribution in [1.29, 1.82) is 0 Å². The zero-order valence-corrected chi connectivity index (χ0v) is 20.5. The highest BCUT2D eigenvalue weighted by Crippen LogP contribution is 2.28. The van der Waals surface area contributed by atoms with Crippen molar-refractivity contribution in [3.63, 3.8) is 0 Å². The van der Waals surface area contributed by atoms with Gasteiger partial charge in [-0.1, -0.05) is 81.6 Å². The molecule has 0 fully saturated rings. The number of hydrogen-bond donors (Lipinski definition) is 1. The predicted octanol–water partition coefficient (Wildman–Crippen LogP) is 5.10.